The van der Waals surface area contributed by atoms with Gasteiger partial charge in [0.2, 0.25) is 5.91 Å². The quantitative estimate of drug-likeness (QED) is 0.674. The molecule has 1 atom stereocenters. The van der Waals surface area contributed by atoms with Crippen molar-refractivity contribution in [2.75, 3.05) is 14.2 Å². The Labute approximate surface area is 119 Å². The molecule has 104 valence electrons. The van der Waals surface area contributed by atoms with Crippen molar-refractivity contribution in [3.8, 4) is 5.75 Å². The first-order valence-electron chi connectivity index (χ1n) is 6.11. The van der Waals surface area contributed by atoms with Gasteiger partial charge in [0.25, 0.3) is 5.91 Å². The van der Waals surface area contributed by atoms with Gasteiger partial charge in [0, 0.05) is 13.1 Å². The van der Waals surface area contributed by atoms with Gasteiger partial charge >= 0.3 is 0 Å². The third kappa shape index (κ3) is 1.74. The Morgan fingerprint density at radius 3 is 2.75 bits per heavy atom. The predicted octanol–water partition coefficient (Wildman–Crippen LogP) is 1.64. The summed E-state index contributed by atoms with van der Waals surface area (Å²) >= 11 is 5.28. The summed E-state index contributed by atoms with van der Waals surface area (Å²) < 4.78 is 7.29. The van der Waals surface area contributed by atoms with Gasteiger partial charge in [-0.15, -0.1) is 0 Å². The van der Waals surface area contributed by atoms with Crippen molar-refractivity contribution in [2.24, 2.45) is 0 Å². The molecule has 0 radical (unpaired) electrons. The van der Waals surface area contributed by atoms with Crippen molar-refractivity contribution >= 4 is 35.1 Å². The molecule has 6 nitrogen and oxygen atoms in total. The molecule has 0 saturated carbocycles. The second kappa shape index (κ2) is 4.45. The average molecular weight is 291 g/mol. The minimum absolute atomic E-state index is 0.141. The van der Waals surface area contributed by atoms with Gasteiger partial charge in [0.05, 0.1) is 24.6 Å². The molecular formula is C13H13N3O3S. The molecule has 0 spiro atoms. The van der Waals surface area contributed by atoms with Crippen LogP contribution in [0.3, 0.4) is 0 Å². The molecule has 1 aliphatic rings. The number of benzene rings is 1. The minimum Gasteiger partial charge on any atom is -0.497 e. The molecule has 1 fully saturated rings. The number of amides is 2. The number of imidazole rings is 1. The first-order valence-corrected chi connectivity index (χ1v) is 6.52. The Morgan fingerprint density at radius 1 is 1.40 bits per heavy atom. The summed E-state index contributed by atoms with van der Waals surface area (Å²) in [5.41, 5.74) is 1.57. The Morgan fingerprint density at radius 2 is 2.15 bits per heavy atom. The zero-order valence-corrected chi connectivity index (χ0v) is 11.9. The number of nitrogens with zero attached hydrogens (tertiary/aromatic N) is 2. The van der Waals surface area contributed by atoms with E-state index in [4.69, 9.17) is 17.0 Å². The Kier molecular flexibility index (Phi) is 2.86. The Bertz CT molecular complexity index is 777. The molecule has 1 aromatic heterocycles. The number of carbonyl (C=O) groups excluding carboxylic acids is 2. The van der Waals surface area contributed by atoms with Gasteiger partial charge < -0.3 is 14.3 Å². The molecular weight excluding hydrogens is 278 g/mol. The van der Waals surface area contributed by atoms with Crippen molar-refractivity contribution in [2.45, 2.75) is 12.5 Å². The number of aromatic nitrogens is 2. The molecule has 1 N–H and O–H groups in total. The van der Waals surface area contributed by atoms with Crippen LogP contribution in [0.4, 0.5) is 0 Å². The molecule has 2 aromatic rings. The lowest BCUT2D eigenvalue weighted by molar-refractivity contribution is -0.137. The molecule has 3 rings (SSSR count). The zero-order valence-electron chi connectivity index (χ0n) is 11.0. The van der Waals surface area contributed by atoms with E-state index < -0.39 is 6.04 Å². The van der Waals surface area contributed by atoms with Crippen LogP contribution in [0, 0.1) is 4.77 Å². The Balaban J connectivity index is 2.17. The molecule has 2 heterocycles. The molecule has 0 bridgehead atoms. The number of methoxy groups -OCH3 is 1. The lowest BCUT2D eigenvalue weighted by Crippen LogP contribution is -2.26. The van der Waals surface area contributed by atoms with E-state index in [0.717, 1.165) is 15.9 Å². The first-order chi connectivity index (χ1) is 9.52. The first kappa shape index (κ1) is 12.9. The maximum atomic E-state index is 12.1. The molecule has 0 aliphatic carbocycles. The van der Waals surface area contributed by atoms with Crippen LogP contribution in [0.5, 0.6) is 5.75 Å². The van der Waals surface area contributed by atoms with Crippen LogP contribution in [0.15, 0.2) is 18.2 Å². The third-order valence-corrected chi connectivity index (χ3v) is 3.89. The number of likely N-dealkylation sites (tertiary alicyclic amines) is 1. The fourth-order valence-corrected chi connectivity index (χ4v) is 2.82. The average Bonchev–Trinajstić information content (AvgIpc) is 2.88. The maximum Gasteiger partial charge on any atom is 0.252 e. The van der Waals surface area contributed by atoms with E-state index in [1.807, 2.05) is 12.1 Å². The van der Waals surface area contributed by atoms with Gasteiger partial charge in [-0.25, -0.2) is 0 Å². The topological polar surface area (TPSA) is 67.3 Å². The summed E-state index contributed by atoms with van der Waals surface area (Å²) in [6.07, 6.45) is 0.141. The van der Waals surface area contributed by atoms with Crippen molar-refractivity contribution in [1.29, 1.82) is 0 Å². The SMILES string of the molecule is COc1ccc2c(c1)[nH]c(=S)n2C1CC(=O)N(C)C1=O. The fraction of sp³-hybridized carbons (Fsp3) is 0.308. The van der Waals surface area contributed by atoms with Crippen LogP contribution in [-0.2, 0) is 9.59 Å². The number of likely N-dealkylation sites (N-methyl/N-ethyl adjacent to an activating group) is 1. The molecule has 1 aromatic carbocycles. The highest BCUT2D eigenvalue weighted by molar-refractivity contribution is 7.71. The zero-order chi connectivity index (χ0) is 14.4. The largest absolute Gasteiger partial charge is 0.497 e. The second-order valence-electron chi connectivity index (χ2n) is 4.69. The van der Waals surface area contributed by atoms with E-state index in [2.05, 4.69) is 4.98 Å². The predicted molar refractivity (Wildman–Crippen MR) is 75.1 cm³/mol. The number of nitrogens with one attached hydrogen (secondary N) is 1. The van der Waals surface area contributed by atoms with Crippen molar-refractivity contribution in [1.82, 2.24) is 14.5 Å². The molecule has 20 heavy (non-hydrogen) atoms. The van der Waals surface area contributed by atoms with Crippen molar-refractivity contribution < 1.29 is 14.3 Å². The van der Waals surface area contributed by atoms with E-state index in [9.17, 15) is 9.59 Å². The number of imide groups is 1. The van der Waals surface area contributed by atoms with E-state index >= 15 is 0 Å². The molecule has 1 saturated heterocycles. The van der Waals surface area contributed by atoms with E-state index in [-0.39, 0.29) is 18.2 Å². The number of aromatic amines is 1. The van der Waals surface area contributed by atoms with Gasteiger partial charge in [0.15, 0.2) is 4.77 Å². The molecule has 1 aliphatic heterocycles. The number of carbonyl (C=O) groups is 2. The summed E-state index contributed by atoms with van der Waals surface area (Å²) in [7, 11) is 3.08. The highest BCUT2D eigenvalue weighted by Gasteiger charge is 2.38. The highest BCUT2D eigenvalue weighted by atomic mass is 32.1. The molecule has 2 amide bonds. The number of ether oxygens (including phenoxy) is 1. The van der Waals surface area contributed by atoms with Crippen LogP contribution in [0.2, 0.25) is 0 Å². The standard InChI is InChI=1S/C13H13N3O3S/c1-15-11(17)6-10(12(15)18)16-9-4-3-7(19-2)5-8(9)14-13(16)20/h3-5,10H,6H2,1-2H3,(H,14,20). The third-order valence-electron chi connectivity index (χ3n) is 3.59. The summed E-state index contributed by atoms with van der Waals surface area (Å²) in [6, 6.07) is 4.87. The van der Waals surface area contributed by atoms with Crippen LogP contribution in [0.1, 0.15) is 12.5 Å². The van der Waals surface area contributed by atoms with Gasteiger partial charge in [0.1, 0.15) is 11.8 Å². The van der Waals surface area contributed by atoms with E-state index in [0.29, 0.717) is 10.5 Å². The summed E-state index contributed by atoms with van der Waals surface area (Å²) in [5, 5.41) is 0. The van der Waals surface area contributed by atoms with Gasteiger partial charge in [-0.3, -0.25) is 14.5 Å². The number of H-pyrrole nitrogens is 1. The number of hydrogen-bond donors (Lipinski definition) is 1. The fourth-order valence-electron chi connectivity index (χ4n) is 2.48. The van der Waals surface area contributed by atoms with E-state index in [1.54, 1.807) is 17.7 Å². The summed E-state index contributed by atoms with van der Waals surface area (Å²) in [5.74, 6) is 0.277. The lowest BCUT2D eigenvalue weighted by Gasteiger charge is -2.11. The Hall–Kier alpha value is -2.15. The summed E-state index contributed by atoms with van der Waals surface area (Å²) in [4.78, 5) is 28.0. The molecule has 7 heteroatoms. The summed E-state index contributed by atoms with van der Waals surface area (Å²) in [6.45, 7) is 0. The van der Waals surface area contributed by atoms with Crippen molar-refractivity contribution in [3.63, 3.8) is 0 Å². The minimum atomic E-state index is -0.567. The van der Waals surface area contributed by atoms with Crippen LogP contribution >= 0.6 is 12.2 Å². The highest BCUT2D eigenvalue weighted by Crippen LogP contribution is 2.29. The van der Waals surface area contributed by atoms with E-state index in [1.165, 1.54) is 7.05 Å². The smallest absolute Gasteiger partial charge is 0.252 e. The van der Waals surface area contributed by atoms with Gasteiger partial charge in [-0.05, 0) is 24.4 Å². The molecule has 1 unspecified atom stereocenters. The number of fused-ring (bicyclic) bond motifs is 1. The number of hydrogen-bond acceptors (Lipinski definition) is 4. The van der Waals surface area contributed by atoms with Crippen molar-refractivity contribution in [3.05, 3.63) is 23.0 Å². The van der Waals surface area contributed by atoms with Gasteiger partial charge in [-0.1, -0.05) is 0 Å². The monoisotopic (exact) mass is 291 g/mol. The number of rotatable bonds is 2. The maximum absolute atomic E-state index is 12.1. The van der Waals surface area contributed by atoms with Crippen LogP contribution in [0.25, 0.3) is 11.0 Å². The normalized spacial score (nSPS) is 19.1. The van der Waals surface area contributed by atoms with Gasteiger partial charge in [-0.2, -0.15) is 0 Å². The van der Waals surface area contributed by atoms with Crippen LogP contribution < -0.4 is 4.74 Å². The lowest BCUT2D eigenvalue weighted by atomic mass is 10.2. The van der Waals surface area contributed by atoms with Crippen LogP contribution in [-0.4, -0.2) is 40.4 Å². The second-order valence-corrected chi connectivity index (χ2v) is 5.08.